The number of pyridine rings is 1. The second-order valence-corrected chi connectivity index (χ2v) is 6.41. The van der Waals surface area contributed by atoms with E-state index in [-0.39, 0.29) is 11.3 Å². The normalized spacial score (nSPS) is 11.4. The smallest absolute Gasteiger partial charge is 0.265 e. The van der Waals surface area contributed by atoms with Gasteiger partial charge in [0.2, 0.25) is 0 Å². The molecule has 1 heterocycles. The van der Waals surface area contributed by atoms with Crippen LogP contribution in [-0.4, -0.2) is 15.5 Å². The standard InChI is InChI=1S/C23H17NO3/c1-24-19-9-5-4-8-18(19)22(26)21(23(24)27)20(25)13-11-15-10-12-16-6-2-3-7-17(16)14-15/h2-14,26H,1H3/b13-11+. The van der Waals surface area contributed by atoms with Crippen molar-refractivity contribution < 1.29 is 9.90 Å². The van der Waals surface area contributed by atoms with Gasteiger partial charge in [-0.25, -0.2) is 0 Å². The summed E-state index contributed by atoms with van der Waals surface area (Å²) in [4.78, 5) is 25.2. The van der Waals surface area contributed by atoms with Crippen LogP contribution in [0.15, 0.2) is 77.6 Å². The van der Waals surface area contributed by atoms with Crippen LogP contribution in [0.5, 0.6) is 5.75 Å². The fourth-order valence-corrected chi connectivity index (χ4v) is 3.27. The Hall–Kier alpha value is -3.66. The molecule has 3 aromatic carbocycles. The molecule has 0 amide bonds. The first-order valence-electron chi connectivity index (χ1n) is 8.58. The van der Waals surface area contributed by atoms with E-state index < -0.39 is 11.3 Å². The van der Waals surface area contributed by atoms with Crippen molar-refractivity contribution >= 4 is 33.5 Å². The SMILES string of the molecule is Cn1c(=O)c(C(=O)/C=C/c2ccc3ccccc3c2)c(O)c2ccccc21. The minimum atomic E-state index is -0.521. The summed E-state index contributed by atoms with van der Waals surface area (Å²) in [5.74, 6) is -0.797. The Bertz CT molecular complexity index is 1280. The monoisotopic (exact) mass is 355 g/mol. The van der Waals surface area contributed by atoms with Crippen molar-refractivity contribution in [3.63, 3.8) is 0 Å². The van der Waals surface area contributed by atoms with E-state index in [4.69, 9.17) is 0 Å². The van der Waals surface area contributed by atoms with E-state index in [9.17, 15) is 14.7 Å². The number of aromatic hydroxyl groups is 1. The van der Waals surface area contributed by atoms with E-state index in [1.807, 2.05) is 42.5 Å². The van der Waals surface area contributed by atoms with Crippen LogP contribution in [0, 0.1) is 0 Å². The maximum Gasteiger partial charge on any atom is 0.265 e. The third kappa shape index (κ3) is 2.91. The zero-order chi connectivity index (χ0) is 19.0. The van der Waals surface area contributed by atoms with Crippen LogP contribution in [-0.2, 0) is 7.05 Å². The van der Waals surface area contributed by atoms with E-state index in [2.05, 4.69) is 0 Å². The van der Waals surface area contributed by atoms with E-state index in [1.165, 1.54) is 10.6 Å². The lowest BCUT2D eigenvalue weighted by Gasteiger charge is -2.09. The summed E-state index contributed by atoms with van der Waals surface area (Å²) in [5, 5.41) is 13.1. The molecule has 4 heteroatoms. The molecule has 0 unspecified atom stereocenters. The fourth-order valence-electron chi connectivity index (χ4n) is 3.27. The summed E-state index contributed by atoms with van der Waals surface area (Å²) in [5.41, 5.74) is 0.696. The average molecular weight is 355 g/mol. The van der Waals surface area contributed by atoms with Crippen LogP contribution in [0.25, 0.3) is 27.8 Å². The molecule has 0 atom stereocenters. The van der Waals surface area contributed by atoms with E-state index in [1.54, 1.807) is 37.4 Å². The van der Waals surface area contributed by atoms with Crippen LogP contribution in [0.1, 0.15) is 15.9 Å². The average Bonchev–Trinajstić information content (AvgIpc) is 2.70. The number of para-hydroxylation sites is 1. The highest BCUT2D eigenvalue weighted by Crippen LogP contribution is 2.26. The molecule has 1 N–H and O–H groups in total. The van der Waals surface area contributed by atoms with Gasteiger partial charge in [-0.1, -0.05) is 54.6 Å². The lowest BCUT2D eigenvalue weighted by molar-refractivity contribution is 0.104. The molecule has 0 bridgehead atoms. The molecule has 0 fully saturated rings. The summed E-state index contributed by atoms with van der Waals surface area (Å²) in [7, 11) is 1.59. The predicted molar refractivity (Wildman–Crippen MR) is 108 cm³/mol. The van der Waals surface area contributed by atoms with Crippen LogP contribution < -0.4 is 5.56 Å². The van der Waals surface area contributed by atoms with Gasteiger partial charge in [-0.05, 0) is 40.6 Å². The van der Waals surface area contributed by atoms with Gasteiger partial charge >= 0.3 is 0 Å². The Morgan fingerprint density at radius 1 is 0.963 bits per heavy atom. The predicted octanol–water partition coefficient (Wildman–Crippen LogP) is 4.29. The van der Waals surface area contributed by atoms with Gasteiger partial charge in [-0.2, -0.15) is 0 Å². The molecule has 0 saturated heterocycles. The number of aryl methyl sites for hydroxylation is 1. The molecular weight excluding hydrogens is 338 g/mol. The molecule has 0 aliphatic heterocycles. The minimum Gasteiger partial charge on any atom is -0.506 e. The van der Waals surface area contributed by atoms with Gasteiger partial charge < -0.3 is 9.67 Å². The van der Waals surface area contributed by atoms with Gasteiger partial charge in [0.25, 0.3) is 5.56 Å². The number of nitrogens with zero attached hydrogens (tertiary/aromatic N) is 1. The number of ketones is 1. The molecule has 4 rings (SSSR count). The highest BCUT2D eigenvalue weighted by molar-refractivity contribution is 6.11. The maximum absolute atomic E-state index is 12.7. The van der Waals surface area contributed by atoms with Gasteiger partial charge in [-0.15, -0.1) is 0 Å². The van der Waals surface area contributed by atoms with Crippen molar-refractivity contribution in [1.82, 2.24) is 4.57 Å². The highest BCUT2D eigenvalue weighted by atomic mass is 16.3. The fraction of sp³-hybridized carbons (Fsp3) is 0.0435. The summed E-state index contributed by atoms with van der Waals surface area (Å²) in [6.07, 6.45) is 2.98. The minimum absolute atomic E-state index is 0.215. The van der Waals surface area contributed by atoms with Gasteiger partial charge in [0.15, 0.2) is 5.78 Å². The summed E-state index contributed by atoms with van der Waals surface area (Å²) in [6.45, 7) is 0. The van der Waals surface area contributed by atoms with Crippen molar-refractivity contribution in [2.75, 3.05) is 0 Å². The number of fused-ring (bicyclic) bond motifs is 2. The molecule has 1 aromatic heterocycles. The molecule has 0 saturated carbocycles. The number of carbonyl (C=O) groups excluding carboxylic acids is 1. The van der Waals surface area contributed by atoms with Gasteiger partial charge in [0.05, 0.1) is 5.52 Å². The number of hydrogen-bond acceptors (Lipinski definition) is 3. The Morgan fingerprint density at radius 3 is 2.48 bits per heavy atom. The van der Waals surface area contributed by atoms with Crippen LogP contribution in [0.4, 0.5) is 0 Å². The molecule has 132 valence electrons. The Labute approximate surface area is 155 Å². The number of carbonyl (C=O) groups is 1. The summed E-state index contributed by atoms with van der Waals surface area (Å²) >= 11 is 0. The molecule has 0 aliphatic carbocycles. The first kappa shape index (κ1) is 16.8. The Kier molecular flexibility index (Phi) is 4.09. The molecule has 27 heavy (non-hydrogen) atoms. The Morgan fingerprint density at radius 2 is 1.67 bits per heavy atom. The molecule has 0 spiro atoms. The first-order chi connectivity index (χ1) is 13.1. The molecule has 0 aliphatic rings. The topological polar surface area (TPSA) is 59.3 Å². The zero-order valence-electron chi connectivity index (χ0n) is 14.7. The second kappa shape index (κ2) is 6.57. The van der Waals surface area contributed by atoms with Crippen LogP contribution in [0.3, 0.4) is 0 Å². The molecule has 0 radical (unpaired) electrons. The molecule has 4 aromatic rings. The van der Waals surface area contributed by atoms with Gasteiger partial charge in [0, 0.05) is 12.4 Å². The van der Waals surface area contributed by atoms with Gasteiger partial charge in [0.1, 0.15) is 11.3 Å². The highest BCUT2D eigenvalue weighted by Gasteiger charge is 2.19. The van der Waals surface area contributed by atoms with Crippen molar-refractivity contribution in [2.45, 2.75) is 0 Å². The molecular formula is C23H17NO3. The Balaban J connectivity index is 1.76. The lowest BCUT2D eigenvalue weighted by atomic mass is 10.0. The largest absolute Gasteiger partial charge is 0.506 e. The number of hydrogen-bond donors (Lipinski definition) is 1. The summed E-state index contributed by atoms with van der Waals surface area (Å²) < 4.78 is 1.38. The summed E-state index contributed by atoms with van der Waals surface area (Å²) in [6, 6.07) is 20.8. The zero-order valence-corrected chi connectivity index (χ0v) is 14.7. The van der Waals surface area contributed by atoms with Crippen LogP contribution in [0.2, 0.25) is 0 Å². The maximum atomic E-state index is 12.7. The van der Waals surface area contributed by atoms with E-state index >= 15 is 0 Å². The quantitative estimate of drug-likeness (QED) is 0.440. The first-order valence-corrected chi connectivity index (χ1v) is 8.58. The molecule has 4 nitrogen and oxygen atoms in total. The second-order valence-electron chi connectivity index (χ2n) is 6.41. The lowest BCUT2D eigenvalue weighted by Crippen LogP contribution is -2.24. The van der Waals surface area contributed by atoms with Gasteiger partial charge in [-0.3, -0.25) is 9.59 Å². The number of benzene rings is 3. The third-order valence-electron chi connectivity index (χ3n) is 4.72. The van der Waals surface area contributed by atoms with E-state index in [0.29, 0.717) is 10.9 Å². The van der Waals surface area contributed by atoms with Crippen molar-refractivity contribution in [1.29, 1.82) is 0 Å². The van der Waals surface area contributed by atoms with Crippen molar-refractivity contribution in [2.24, 2.45) is 7.05 Å². The third-order valence-corrected chi connectivity index (χ3v) is 4.72. The number of allylic oxidation sites excluding steroid dienone is 1. The van der Waals surface area contributed by atoms with Crippen molar-refractivity contribution in [3.8, 4) is 5.75 Å². The van der Waals surface area contributed by atoms with Crippen LogP contribution >= 0.6 is 0 Å². The van der Waals surface area contributed by atoms with E-state index in [0.717, 1.165) is 16.3 Å². The number of rotatable bonds is 3. The van der Waals surface area contributed by atoms with Crippen molar-refractivity contribution in [3.05, 3.63) is 94.3 Å². The number of aromatic nitrogens is 1.